The van der Waals surface area contributed by atoms with Crippen LogP contribution in [0.15, 0.2) is 59.5 Å². The predicted octanol–water partition coefficient (Wildman–Crippen LogP) is 3.36. The first kappa shape index (κ1) is 23.4. The lowest BCUT2D eigenvalue weighted by atomic mass is 10.2. The van der Waals surface area contributed by atoms with Crippen molar-refractivity contribution in [3.05, 3.63) is 60.2 Å². The van der Waals surface area contributed by atoms with Gasteiger partial charge in [-0.1, -0.05) is 37.6 Å². The number of benzene rings is 2. The summed E-state index contributed by atoms with van der Waals surface area (Å²) in [5, 5.41) is 2.62. The summed E-state index contributed by atoms with van der Waals surface area (Å²) < 4.78 is 33.0. The highest BCUT2D eigenvalue weighted by molar-refractivity contribution is 7.92. The van der Waals surface area contributed by atoms with Crippen molar-refractivity contribution in [1.29, 1.82) is 0 Å². The number of ether oxygens (including phenoxy) is 1. The minimum Gasteiger partial charge on any atom is -0.452 e. The first-order valence-corrected chi connectivity index (χ1v) is 11.3. The van der Waals surface area contributed by atoms with Gasteiger partial charge in [-0.15, -0.1) is 0 Å². The van der Waals surface area contributed by atoms with Crippen molar-refractivity contribution in [3.63, 3.8) is 0 Å². The second-order valence-electron chi connectivity index (χ2n) is 7.09. The van der Waals surface area contributed by atoms with Crippen LogP contribution in [0.25, 0.3) is 0 Å². The minimum atomic E-state index is -3.88. The maximum atomic E-state index is 13.3. The number of esters is 1. The Hall–Kier alpha value is -2.87. The second-order valence-corrected chi connectivity index (χ2v) is 8.95. The number of amides is 1. The molecule has 0 aliphatic carbocycles. The van der Waals surface area contributed by atoms with E-state index in [9.17, 15) is 18.0 Å². The maximum absolute atomic E-state index is 13.3. The van der Waals surface area contributed by atoms with E-state index in [0.717, 1.165) is 6.42 Å². The van der Waals surface area contributed by atoms with E-state index in [4.69, 9.17) is 4.74 Å². The zero-order valence-electron chi connectivity index (χ0n) is 17.5. The van der Waals surface area contributed by atoms with E-state index in [2.05, 4.69) is 5.32 Å². The molecule has 2 rings (SSSR count). The van der Waals surface area contributed by atoms with Crippen LogP contribution < -0.4 is 9.62 Å². The highest BCUT2D eigenvalue weighted by atomic mass is 32.2. The summed E-state index contributed by atoms with van der Waals surface area (Å²) in [5.41, 5.74) is 0.626. The average molecular weight is 433 g/mol. The number of hydrogen-bond acceptors (Lipinski definition) is 5. The second kappa shape index (κ2) is 10.8. The summed E-state index contributed by atoms with van der Waals surface area (Å²) in [6.07, 6.45) is 1.53. The Kier molecular flexibility index (Phi) is 8.41. The van der Waals surface area contributed by atoms with Crippen LogP contribution in [0.1, 0.15) is 44.0 Å². The molecule has 2 aromatic carbocycles. The first-order valence-electron chi connectivity index (χ1n) is 9.90. The number of nitrogens with zero attached hydrogens (tertiary/aromatic N) is 1. The highest BCUT2D eigenvalue weighted by Crippen LogP contribution is 2.25. The summed E-state index contributed by atoms with van der Waals surface area (Å²) in [7, 11) is -3.88. The largest absolute Gasteiger partial charge is 0.452 e. The third-order valence-corrected chi connectivity index (χ3v) is 6.02. The van der Waals surface area contributed by atoms with Crippen LogP contribution in [0.5, 0.6) is 0 Å². The quantitative estimate of drug-likeness (QED) is 0.581. The van der Waals surface area contributed by atoms with E-state index < -0.39 is 28.5 Å². The van der Waals surface area contributed by atoms with Crippen molar-refractivity contribution in [3.8, 4) is 0 Å². The van der Waals surface area contributed by atoms with E-state index in [1.54, 1.807) is 38.1 Å². The normalized spacial score (nSPS) is 11.2. The van der Waals surface area contributed by atoms with Crippen molar-refractivity contribution < 1.29 is 22.7 Å². The van der Waals surface area contributed by atoms with Gasteiger partial charge in [0.2, 0.25) is 0 Å². The van der Waals surface area contributed by atoms with Crippen molar-refractivity contribution >= 4 is 27.6 Å². The fourth-order valence-electron chi connectivity index (χ4n) is 2.77. The van der Waals surface area contributed by atoms with Crippen LogP contribution in [-0.4, -0.2) is 39.5 Å². The molecule has 0 radical (unpaired) electrons. The van der Waals surface area contributed by atoms with Crippen LogP contribution in [0.3, 0.4) is 0 Å². The number of anilines is 1. The van der Waals surface area contributed by atoms with Gasteiger partial charge in [-0.2, -0.15) is 0 Å². The number of rotatable bonds is 10. The Morgan fingerprint density at radius 1 is 1.07 bits per heavy atom. The third kappa shape index (κ3) is 6.32. The van der Waals surface area contributed by atoms with Gasteiger partial charge in [0.15, 0.2) is 6.61 Å². The van der Waals surface area contributed by atoms with E-state index >= 15 is 0 Å². The van der Waals surface area contributed by atoms with Gasteiger partial charge in [-0.25, -0.2) is 13.2 Å². The molecule has 0 saturated carbocycles. The number of unbranched alkanes of at least 4 members (excludes halogenated alkanes) is 1. The minimum absolute atomic E-state index is 0.0106. The number of sulfonamides is 1. The molecular formula is C22H28N2O5S. The van der Waals surface area contributed by atoms with Gasteiger partial charge >= 0.3 is 5.97 Å². The molecule has 1 N–H and O–H groups in total. The summed E-state index contributed by atoms with van der Waals surface area (Å²) >= 11 is 0. The van der Waals surface area contributed by atoms with Crippen LogP contribution in [-0.2, 0) is 19.6 Å². The predicted molar refractivity (Wildman–Crippen MR) is 116 cm³/mol. The van der Waals surface area contributed by atoms with Crippen LogP contribution in [0.4, 0.5) is 5.69 Å². The van der Waals surface area contributed by atoms with Crippen molar-refractivity contribution in [2.24, 2.45) is 0 Å². The molecule has 0 unspecified atom stereocenters. The number of para-hydroxylation sites is 1. The monoisotopic (exact) mass is 432 g/mol. The molecule has 162 valence electrons. The fraction of sp³-hybridized carbons (Fsp3) is 0.364. The number of carbonyl (C=O) groups is 2. The Balaban J connectivity index is 2.25. The lowest BCUT2D eigenvalue weighted by Crippen LogP contribution is -2.34. The SMILES string of the molecule is CCCCN(c1ccccc1)S(=O)(=O)c1cccc(C(=O)OCC(=O)NC(C)C)c1. The smallest absolute Gasteiger partial charge is 0.338 e. The van der Waals surface area contributed by atoms with Crippen LogP contribution in [0.2, 0.25) is 0 Å². The van der Waals surface area contributed by atoms with Crippen molar-refractivity contribution in [2.45, 2.75) is 44.6 Å². The molecule has 0 aliphatic rings. The maximum Gasteiger partial charge on any atom is 0.338 e. The zero-order chi connectivity index (χ0) is 22.1. The molecule has 0 fully saturated rings. The molecule has 0 heterocycles. The lowest BCUT2D eigenvalue weighted by molar-refractivity contribution is -0.124. The van der Waals surface area contributed by atoms with Gasteiger partial charge in [-0.3, -0.25) is 9.10 Å². The summed E-state index contributed by atoms with van der Waals surface area (Å²) in [6, 6.07) is 14.4. The van der Waals surface area contributed by atoms with Crippen molar-refractivity contribution in [2.75, 3.05) is 17.5 Å². The van der Waals surface area contributed by atoms with Gasteiger partial charge in [0.25, 0.3) is 15.9 Å². The summed E-state index contributed by atoms with van der Waals surface area (Å²) in [5.74, 6) is -1.18. The fourth-order valence-corrected chi connectivity index (χ4v) is 4.32. The average Bonchev–Trinajstić information content (AvgIpc) is 2.72. The molecule has 8 heteroatoms. The molecule has 30 heavy (non-hydrogen) atoms. The zero-order valence-corrected chi connectivity index (χ0v) is 18.3. The molecule has 0 atom stereocenters. The molecule has 0 saturated heterocycles. The number of nitrogens with one attached hydrogen (secondary N) is 1. The van der Waals surface area contributed by atoms with Crippen LogP contribution >= 0.6 is 0 Å². The summed E-state index contributed by atoms with van der Waals surface area (Å²) in [6.45, 7) is 5.48. The molecule has 0 aromatic heterocycles. The van der Waals surface area contributed by atoms with Crippen molar-refractivity contribution in [1.82, 2.24) is 5.32 Å². The Morgan fingerprint density at radius 3 is 2.40 bits per heavy atom. The number of carbonyl (C=O) groups excluding carboxylic acids is 2. The van der Waals surface area contributed by atoms with Gasteiger partial charge in [0.05, 0.1) is 16.1 Å². The molecule has 0 bridgehead atoms. The topological polar surface area (TPSA) is 92.8 Å². The van der Waals surface area contributed by atoms with Gasteiger partial charge in [-0.05, 0) is 50.6 Å². The molecule has 7 nitrogen and oxygen atoms in total. The Bertz CT molecular complexity index is 959. The third-order valence-electron chi connectivity index (χ3n) is 4.20. The molecular weight excluding hydrogens is 404 g/mol. The van der Waals surface area contributed by atoms with E-state index in [0.29, 0.717) is 18.7 Å². The summed E-state index contributed by atoms with van der Waals surface area (Å²) in [4.78, 5) is 24.0. The number of hydrogen-bond donors (Lipinski definition) is 1. The highest BCUT2D eigenvalue weighted by Gasteiger charge is 2.25. The first-order chi connectivity index (χ1) is 14.3. The Labute approximate surface area is 178 Å². The molecule has 1 amide bonds. The van der Waals surface area contributed by atoms with Crippen LogP contribution in [0, 0.1) is 0 Å². The van der Waals surface area contributed by atoms with E-state index in [1.807, 2.05) is 13.0 Å². The molecule has 2 aromatic rings. The molecule has 0 spiro atoms. The van der Waals surface area contributed by atoms with E-state index in [1.165, 1.54) is 28.6 Å². The lowest BCUT2D eigenvalue weighted by Gasteiger charge is -2.24. The van der Waals surface area contributed by atoms with Gasteiger partial charge in [0, 0.05) is 12.6 Å². The standard InChI is InChI=1S/C22H28N2O5S/c1-4-5-14-24(19-11-7-6-8-12-19)30(27,28)20-13-9-10-18(15-20)22(26)29-16-21(25)23-17(2)3/h6-13,15,17H,4-5,14,16H2,1-3H3,(H,23,25). The van der Waals surface area contributed by atoms with Gasteiger partial charge < -0.3 is 10.1 Å². The Morgan fingerprint density at radius 2 is 1.77 bits per heavy atom. The molecule has 0 aliphatic heterocycles. The van der Waals surface area contributed by atoms with Gasteiger partial charge in [0.1, 0.15) is 0 Å². The van der Waals surface area contributed by atoms with E-state index in [-0.39, 0.29) is 16.5 Å².